The van der Waals surface area contributed by atoms with Crippen molar-refractivity contribution < 1.29 is 24.2 Å². The number of likely N-dealkylation sites (N-methyl/N-ethyl adjacent to an activating group) is 1. The van der Waals surface area contributed by atoms with Crippen LogP contribution in [0.3, 0.4) is 0 Å². The maximum atomic E-state index is 13.8. The first-order chi connectivity index (χ1) is 19.7. The molecule has 4 rings (SSSR count). The Hall–Kier alpha value is -4.17. The SMILES string of the molecule is CC(C)N(CCCC(=O)O)C(=O)C(CN(C)Cc1ccccc1)NC(=O)OCC1c2ccccc2-c2ccccc21. The molecule has 0 aliphatic heterocycles. The summed E-state index contributed by atoms with van der Waals surface area (Å²) in [7, 11) is 1.90. The minimum absolute atomic E-state index is 0.0329. The van der Waals surface area contributed by atoms with E-state index in [0.29, 0.717) is 13.0 Å². The molecule has 0 saturated heterocycles. The highest BCUT2D eigenvalue weighted by atomic mass is 16.5. The zero-order valence-corrected chi connectivity index (χ0v) is 24.0. The molecule has 41 heavy (non-hydrogen) atoms. The van der Waals surface area contributed by atoms with Gasteiger partial charge in [-0.1, -0.05) is 78.9 Å². The number of carbonyl (C=O) groups excluding carboxylic acids is 2. The van der Waals surface area contributed by atoms with Gasteiger partial charge in [0.2, 0.25) is 5.91 Å². The van der Waals surface area contributed by atoms with Crippen molar-refractivity contribution in [1.82, 2.24) is 15.1 Å². The highest BCUT2D eigenvalue weighted by molar-refractivity contribution is 5.86. The van der Waals surface area contributed by atoms with E-state index < -0.39 is 18.1 Å². The van der Waals surface area contributed by atoms with Crippen LogP contribution in [-0.4, -0.2) is 71.7 Å². The van der Waals surface area contributed by atoms with Gasteiger partial charge in [-0.05, 0) is 55.1 Å². The fourth-order valence-corrected chi connectivity index (χ4v) is 5.46. The molecule has 2 amide bonds. The van der Waals surface area contributed by atoms with E-state index in [9.17, 15) is 14.4 Å². The number of nitrogens with zero attached hydrogens (tertiary/aromatic N) is 2. The van der Waals surface area contributed by atoms with Crippen LogP contribution >= 0.6 is 0 Å². The Balaban J connectivity index is 1.47. The number of alkyl carbamates (subject to hydrolysis) is 1. The number of hydrogen-bond acceptors (Lipinski definition) is 5. The number of nitrogens with one attached hydrogen (secondary N) is 1. The number of hydrogen-bond donors (Lipinski definition) is 2. The van der Waals surface area contributed by atoms with Crippen molar-refractivity contribution in [2.24, 2.45) is 0 Å². The quantitative estimate of drug-likeness (QED) is 0.302. The molecule has 1 aliphatic carbocycles. The van der Waals surface area contributed by atoms with Gasteiger partial charge >= 0.3 is 12.1 Å². The minimum atomic E-state index is -0.905. The number of ether oxygens (including phenoxy) is 1. The second-order valence-corrected chi connectivity index (χ2v) is 10.8. The van der Waals surface area contributed by atoms with Crippen LogP contribution in [0.2, 0.25) is 0 Å². The van der Waals surface area contributed by atoms with Crippen molar-refractivity contribution in [3.05, 3.63) is 95.6 Å². The summed E-state index contributed by atoms with van der Waals surface area (Å²) in [5.41, 5.74) is 5.59. The molecule has 8 nitrogen and oxygen atoms in total. The number of carboxylic acids is 1. The summed E-state index contributed by atoms with van der Waals surface area (Å²) in [5, 5.41) is 11.9. The molecular weight excluding hydrogens is 518 g/mol. The lowest BCUT2D eigenvalue weighted by molar-refractivity contribution is -0.139. The molecule has 0 aromatic heterocycles. The summed E-state index contributed by atoms with van der Waals surface area (Å²) in [4.78, 5) is 41.6. The number of aliphatic carboxylic acids is 1. The molecule has 1 atom stereocenters. The van der Waals surface area contributed by atoms with Crippen LogP contribution in [0.15, 0.2) is 78.9 Å². The van der Waals surface area contributed by atoms with Gasteiger partial charge in [-0.25, -0.2) is 4.79 Å². The summed E-state index contributed by atoms with van der Waals surface area (Å²) < 4.78 is 5.76. The van der Waals surface area contributed by atoms with E-state index in [-0.39, 0.29) is 44.0 Å². The van der Waals surface area contributed by atoms with Crippen molar-refractivity contribution in [3.63, 3.8) is 0 Å². The third-order valence-electron chi connectivity index (χ3n) is 7.42. The van der Waals surface area contributed by atoms with E-state index in [4.69, 9.17) is 9.84 Å². The van der Waals surface area contributed by atoms with E-state index in [1.165, 1.54) is 0 Å². The number of carboxylic acid groups (broad SMARTS) is 1. The molecule has 0 fully saturated rings. The Kier molecular flexibility index (Phi) is 10.1. The smallest absolute Gasteiger partial charge is 0.407 e. The Labute approximate surface area is 241 Å². The number of benzene rings is 3. The standard InChI is InChI=1S/C33H39N3O5/c1-23(2)36(19-11-18-31(37)38)32(39)30(21-35(3)20-24-12-5-4-6-13-24)34-33(40)41-22-29-27-16-9-7-14-25(27)26-15-8-10-17-28(26)29/h4-10,12-17,23,29-30H,11,18-22H2,1-3H3,(H,34,40)(H,37,38). The Morgan fingerprint density at radius 1 is 0.902 bits per heavy atom. The maximum Gasteiger partial charge on any atom is 0.407 e. The van der Waals surface area contributed by atoms with Gasteiger partial charge in [-0.2, -0.15) is 0 Å². The maximum absolute atomic E-state index is 13.8. The van der Waals surface area contributed by atoms with Gasteiger partial charge in [0.05, 0.1) is 0 Å². The van der Waals surface area contributed by atoms with Gasteiger partial charge in [-0.15, -0.1) is 0 Å². The van der Waals surface area contributed by atoms with E-state index >= 15 is 0 Å². The van der Waals surface area contributed by atoms with Gasteiger partial charge < -0.3 is 20.1 Å². The van der Waals surface area contributed by atoms with Crippen LogP contribution < -0.4 is 5.32 Å². The summed E-state index contributed by atoms with van der Waals surface area (Å²) in [6, 6.07) is 25.1. The molecule has 1 unspecified atom stereocenters. The average Bonchev–Trinajstić information content (AvgIpc) is 3.27. The largest absolute Gasteiger partial charge is 0.481 e. The van der Waals surface area contributed by atoms with Crippen LogP contribution in [0.25, 0.3) is 11.1 Å². The van der Waals surface area contributed by atoms with Crippen molar-refractivity contribution in [1.29, 1.82) is 0 Å². The highest BCUT2D eigenvalue weighted by Crippen LogP contribution is 2.44. The number of rotatable bonds is 13. The van der Waals surface area contributed by atoms with Gasteiger partial charge in [0.1, 0.15) is 12.6 Å². The van der Waals surface area contributed by atoms with E-state index in [2.05, 4.69) is 29.6 Å². The zero-order valence-electron chi connectivity index (χ0n) is 24.0. The average molecular weight is 558 g/mol. The van der Waals surface area contributed by atoms with E-state index in [1.54, 1.807) is 4.90 Å². The first-order valence-corrected chi connectivity index (χ1v) is 14.1. The number of fused-ring (bicyclic) bond motifs is 3. The molecule has 0 heterocycles. The lowest BCUT2D eigenvalue weighted by Crippen LogP contribution is -2.55. The Morgan fingerprint density at radius 2 is 1.49 bits per heavy atom. The van der Waals surface area contributed by atoms with E-state index in [1.807, 2.05) is 80.4 Å². The van der Waals surface area contributed by atoms with Gasteiger partial charge in [0, 0.05) is 38.0 Å². The van der Waals surface area contributed by atoms with Crippen LogP contribution in [0, 0.1) is 0 Å². The van der Waals surface area contributed by atoms with Crippen molar-refractivity contribution in [2.45, 2.75) is 51.2 Å². The van der Waals surface area contributed by atoms with Crippen molar-refractivity contribution in [3.8, 4) is 11.1 Å². The second-order valence-electron chi connectivity index (χ2n) is 10.8. The molecular formula is C33H39N3O5. The summed E-state index contributed by atoms with van der Waals surface area (Å²) in [6.45, 7) is 5.06. The third-order valence-corrected chi connectivity index (χ3v) is 7.42. The molecule has 1 aliphatic rings. The summed E-state index contributed by atoms with van der Waals surface area (Å²) >= 11 is 0. The molecule has 0 bridgehead atoms. The first kappa shape index (κ1) is 29.8. The fraction of sp³-hybridized carbons (Fsp3) is 0.364. The molecule has 0 saturated carbocycles. The van der Waals surface area contributed by atoms with Crippen LogP contribution in [0.5, 0.6) is 0 Å². The topological polar surface area (TPSA) is 99.2 Å². The molecule has 216 valence electrons. The summed E-state index contributed by atoms with van der Waals surface area (Å²) in [5.74, 6) is -1.26. The molecule has 2 N–H and O–H groups in total. The lowest BCUT2D eigenvalue weighted by Gasteiger charge is -2.32. The molecule has 3 aromatic carbocycles. The minimum Gasteiger partial charge on any atom is -0.481 e. The van der Waals surface area contributed by atoms with E-state index in [0.717, 1.165) is 27.8 Å². The number of carbonyl (C=O) groups is 3. The lowest BCUT2D eigenvalue weighted by atomic mass is 9.98. The van der Waals surface area contributed by atoms with Crippen LogP contribution in [0.4, 0.5) is 4.79 Å². The molecule has 8 heteroatoms. The zero-order chi connectivity index (χ0) is 29.4. The van der Waals surface area contributed by atoms with Crippen LogP contribution in [-0.2, 0) is 20.9 Å². The van der Waals surface area contributed by atoms with Gasteiger partial charge in [-0.3, -0.25) is 14.5 Å². The van der Waals surface area contributed by atoms with Gasteiger partial charge in [0.15, 0.2) is 0 Å². The second kappa shape index (κ2) is 13.9. The fourth-order valence-electron chi connectivity index (χ4n) is 5.46. The Morgan fingerprint density at radius 3 is 2.07 bits per heavy atom. The monoisotopic (exact) mass is 557 g/mol. The number of amides is 2. The predicted octanol–water partition coefficient (Wildman–Crippen LogP) is 5.13. The molecule has 3 aromatic rings. The van der Waals surface area contributed by atoms with Crippen molar-refractivity contribution >= 4 is 18.0 Å². The normalized spacial score (nSPS) is 13.0. The molecule has 0 radical (unpaired) electrons. The first-order valence-electron chi connectivity index (χ1n) is 14.1. The van der Waals surface area contributed by atoms with Gasteiger partial charge in [0.25, 0.3) is 0 Å². The highest BCUT2D eigenvalue weighted by Gasteiger charge is 2.32. The predicted molar refractivity (Wildman–Crippen MR) is 158 cm³/mol. The summed E-state index contributed by atoms with van der Waals surface area (Å²) in [6.07, 6.45) is -0.362. The Bertz CT molecular complexity index is 1300. The van der Waals surface area contributed by atoms with Crippen molar-refractivity contribution in [2.75, 3.05) is 26.7 Å². The third kappa shape index (κ3) is 7.73. The molecule has 0 spiro atoms. The van der Waals surface area contributed by atoms with Crippen LogP contribution in [0.1, 0.15) is 49.3 Å².